The molecule has 1 aliphatic rings. The van der Waals surface area contributed by atoms with Crippen LogP contribution in [-0.2, 0) is 11.2 Å². The number of amides is 1. The predicted molar refractivity (Wildman–Crippen MR) is 85.8 cm³/mol. The van der Waals surface area contributed by atoms with Crippen LogP contribution in [0.15, 0.2) is 36.4 Å². The Labute approximate surface area is 138 Å². The summed E-state index contributed by atoms with van der Waals surface area (Å²) in [5.74, 6) is 0.458. The van der Waals surface area contributed by atoms with Gasteiger partial charge in [0.2, 0.25) is 5.91 Å². The average molecular weight is 336 g/mol. The lowest BCUT2D eigenvalue weighted by molar-refractivity contribution is -0.115. The molecule has 0 fully saturated rings. The lowest BCUT2D eigenvalue weighted by Crippen LogP contribution is -2.15. The molecule has 0 bridgehead atoms. The van der Waals surface area contributed by atoms with Crippen molar-refractivity contribution in [2.45, 2.75) is 12.8 Å². The standard InChI is InChI=1S/C17H15ClFNO3/c18-13-9-15-16(23-6-2-5-22-15)10-14(13)20-17(21)8-11-3-1-4-12(19)7-11/h1,3-4,7,9-10H,2,5-6,8H2,(H,20,21). The van der Waals surface area contributed by atoms with Gasteiger partial charge in [-0.05, 0) is 17.7 Å². The summed E-state index contributed by atoms with van der Waals surface area (Å²) in [6.45, 7) is 1.11. The SMILES string of the molecule is O=C(Cc1cccc(F)c1)Nc1cc2c(cc1Cl)OCCCO2. The first-order chi connectivity index (χ1) is 11.1. The molecule has 6 heteroatoms. The number of anilines is 1. The summed E-state index contributed by atoms with van der Waals surface area (Å²) in [6, 6.07) is 9.19. The highest BCUT2D eigenvalue weighted by Crippen LogP contribution is 2.37. The minimum atomic E-state index is -0.371. The number of benzene rings is 2. The molecule has 4 nitrogen and oxygen atoms in total. The van der Waals surface area contributed by atoms with E-state index in [2.05, 4.69) is 5.32 Å². The third-order valence-corrected chi connectivity index (χ3v) is 3.68. The van der Waals surface area contributed by atoms with Crippen LogP contribution in [0.4, 0.5) is 10.1 Å². The molecule has 1 heterocycles. The number of halogens is 2. The van der Waals surface area contributed by atoms with Crippen molar-refractivity contribution in [3.63, 3.8) is 0 Å². The fraction of sp³-hybridized carbons (Fsp3) is 0.235. The Morgan fingerprint density at radius 3 is 2.65 bits per heavy atom. The summed E-state index contributed by atoms with van der Waals surface area (Å²) >= 11 is 6.18. The molecule has 3 rings (SSSR count). The van der Waals surface area contributed by atoms with Gasteiger partial charge >= 0.3 is 0 Å². The van der Waals surface area contributed by atoms with E-state index >= 15 is 0 Å². The van der Waals surface area contributed by atoms with Crippen molar-refractivity contribution >= 4 is 23.2 Å². The highest BCUT2D eigenvalue weighted by atomic mass is 35.5. The van der Waals surface area contributed by atoms with Crippen LogP contribution < -0.4 is 14.8 Å². The second kappa shape index (κ2) is 6.87. The molecule has 1 N–H and O–H groups in total. The summed E-state index contributed by atoms with van der Waals surface area (Å²) in [4.78, 5) is 12.1. The molecule has 23 heavy (non-hydrogen) atoms. The Balaban J connectivity index is 1.74. The smallest absolute Gasteiger partial charge is 0.228 e. The molecule has 120 valence electrons. The van der Waals surface area contributed by atoms with Gasteiger partial charge < -0.3 is 14.8 Å². The van der Waals surface area contributed by atoms with E-state index in [1.54, 1.807) is 24.3 Å². The van der Waals surface area contributed by atoms with Crippen LogP contribution in [0.3, 0.4) is 0 Å². The fourth-order valence-corrected chi connectivity index (χ4v) is 2.51. The molecular weight excluding hydrogens is 321 g/mol. The molecule has 0 atom stereocenters. The van der Waals surface area contributed by atoms with Crippen LogP contribution >= 0.6 is 11.6 Å². The molecule has 1 aliphatic heterocycles. The molecule has 0 unspecified atom stereocenters. The number of carbonyl (C=O) groups is 1. The lowest BCUT2D eigenvalue weighted by Gasteiger charge is -2.12. The first-order valence-electron chi connectivity index (χ1n) is 7.25. The summed E-state index contributed by atoms with van der Waals surface area (Å²) < 4.78 is 24.3. The quantitative estimate of drug-likeness (QED) is 0.927. The third-order valence-electron chi connectivity index (χ3n) is 3.37. The molecule has 1 amide bonds. The Hall–Kier alpha value is -2.27. The maximum Gasteiger partial charge on any atom is 0.228 e. The van der Waals surface area contributed by atoms with E-state index < -0.39 is 0 Å². The maximum absolute atomic E-state index is 13.2. The molecule has 0 spiro atoms. The largest absolute Gasteiger partial charge is 0.490 e. The van der Waals surface area contributed by atoms with E-state index in [4.69, 9.17) is 21.1 Å². The molecule has 2 aromatic carbocycles. The molecule has 0 aromatic heterocycles. The maximum atomic E-state index is 13.2. The van der Waals surface area contributed by atoms with Gasteiger partial charge in [0.05, 0.1) is 30.3 Å². The second-order valence-electron chi connectivity index (χ2n) is 5.18. The molecule has 0 aliphatic carbocycles. The Bertz CT molecular complexity index is 736. The number of hydrogen-bond acceptors (Lipinski definition) is 3. The van der Waals surface area contributed by atoms with Crippen LogP contribution in [0, 0.1) is 5.82 Å². The van der Waals surface area contributed by atoms with Crippen LogP contribution in [-0.4, -0.2) is 19.1 Å². The zero-order chi connectivity index (χ0) is 16.2. The van der Waals surface area contributed by atoms with Gasteiger partial charge in [-0.25, -0.2) is 4.39 Å². The molecule has 2 aromatic rings. The number of ether oxygens (including phenoxy) is 2. The van der Waals surface area contributed by atoms with Gasteiger partial charge in [0.15, 0.2) is 11.5 Å². The Morgan fingerprint density at radius 1 is 1.17 bits per heavy atom. The molecule has 0 saturated carbocycles. The van der Waals surface area contributed by atoms with Crippen molar-refractivity contribution < 1.29 is 18.7 Å². The number of rotatable bonds is 3. The van der Waals surface area contributed by atoms with E-state index in [1.165, 1.54) is 12.1 Å². The van der Waals surface area contributed by atoms with Gasteiger partial charge in [-0.15, -0.1) is 0 Å². The van der Waals surface area contributed by atoms with Crippen LogP contribution in [0.5, 0.6) is 11.5 Å². The van der Waals surface area contributed by atoms with Crippen LogP contribution in [0.1, 0.15) is 12.0 Å². The van der Waals surface area contributed by atoms with Crippen molar-refractivity contribution in [1.82, 2.24) is 0 Å². The van der Waals surface area contributed by atoms with E-state index in [0.717, 1.165) is 6.42 Å². The van der Waals surface area contributed by atoms with Gasteiger partial charge in [-0.3, -0.25) is 4.79 Å². The Morgan fingerprint density at radius 2 is 1.91 bits per heavy atom. The van der Waals surface area contributed by atoms with Gasteiger partial charge in [-0.2, -0.15) is 0 Å². The van der Waals surface area contributed by atoms with Crippen LogP contribution in [0.2, 0.25) is 5.02 Å². The van der Waals surface area contributed by atoms with Crippen LogP contribution in [0.25, 0.3) is 0 Å². The summed E-state index contributed by atoms with van der Waals surface area (Å²) in [7, 11) is 0. The van der Waals surface area contributed by atoms with Crippen molar-refractivity contribution in [3.05, 3.63) is 52.8 Å². The minimum Gasteiger partial charge on any atom is -0.490 e. The lowest BCUT2D eigenvalue weighted by atomic mass is 10.1. The summed E-state index contributed by atoms with van der Waals surface area (Å²) in [6.07, 6.45) is 0.843. The zero-order valence-electron chi connectivity index (χ0n) is 12.3. The molecule has 0 saturated heterocycles. The van der Waals surface area contributed by atoms with Crippen molar-refractivity contribution in [2.75, 3.05) is 18.5 Å². The average Bonchev–Trinajstić information content (AvgIpc) is 2.72. The second-order valence-corrected chi connectivity index (χ2v) is 5.59. The van der Waals surface area contributed by atoms with E-state index in [9.17, 15) is 9.18 Å². The monoisotopic (exact) mass is 335 g/mol. The van der Waals surface area contributed by atoms with E-state index in [0.29, 0.717) is 41.0 Å². The Kier molecular flexibility index (Phi) is 4.67. The van der Waals surface area contributed by atoms with Gasteiger partial charge in [0.25, 0.3) is 0 Å². The third kappa shape index (κ3) is 3.93. The molecule has 0 radical (unpaired) electrons. The first kappa shape index (κ1) is 15.6. The van der Waals surface area contributed by atoms with Crippen molar-refractivity contribution in [3.8, 4) is 11.5 Å². The first-order valence-corrected chi connectivity index (χ1v) is 7.63. The van der Waals surface area contributed by atoms with Gasteiger partial charge in [0, 0.05) is 18.6 Å². The fourth-order valence-electron chi connectivity index (χ4n) is 2.31. The normalized spacial score (nSPS) is 13.3. The number of carbonyl (C=O) groups excluding carboxylic acids is 1. The van der Waals surface area contributed by atoms with E-state index in [1.807, 2.05) is 0 Å². The highest BCUT2D eigenvalue weighted by molar-refractivity contribution is 6.34. The summed E-state index contributed by atoms with van der Waals surface area (Å²) in [5.41, 5.74) is 1.03. The van der Waals surface area contributed by atoms with E-state index in [-0.39, 0.29) is 18.1 Å². The minimum absolute atomic E-state index is 0.0581. The molecular formula is C17H15ClFNO3. The van der Waals surface area contributed by atoms with Crippen molar-refractivity contribution in [1.29, 1.82) is 0 Å². The zero-order valence-corrected chi connectivity index (χ0v) is 13.0. The number of nitrogens with one attached hydrogen (secondary N) is 1. The van der Waals surface area contributed by atoms with Gasteiger partial charge in [-0.1, -0.05) is 23.7 Å². The topological polar surface area (TPSA) is 47.6 Å². The summed E-state index contributed by atoms with van der Waals surface area (Å²) in [5, 5.41) is 3.08. The van der Waals surface area contributed by atoms with Crippen molar-refractivity contribution in [2.24, 2.45) is 0 Å². The number of fused-ring (bicyclic) bond motifs is 1. The highest BCUT2D eigenvalue weighted by Gasteiger charge is 2.15. The number of hydrogen-bond donors (Lipinski definition) is 1. The van der Waals surface area contributed by atoms with Gasteiger partial charge in [0.1, 0.15) is 5.82 Å². The predicted octanol–water partition coefficient (Wildman–Crippen LogP) is 3.82.